The fourth-order valence-electron chi connectivity index (χ4n) is 1.79. The predicted octanol–water partition coefficient (Wildman–Crippen LogP) is 0.824. The Balaban J connectivity index is 2.41. The molecule has 1 heterocycles. The maximum atomic E-state index is 13.7. The lowest BCUT2D eigenvalue weighted by molar-refractivity contribution is 0.594. The van der Waals surface area contributed by atoms with Gasteiger partial charge in [0.25, 0.3) is 0 Å². The van der Waals surface area contributed by atoms with Crippen LogP contribution in [0.4, 0.5) is 10.1 Å². The number of nitrogens with zero attached hydrogens (tertiary/aromatic N) is 1. The van der Waals surface area contributed by atoms with E-state index in [4.69, 9.17) is 5.73 Å². The van der Waals surface area contributed by atoms with Gasteiger partial charge in [0.2, 0.25) is 10.0 Å². The molecule has 0 atom stereocenters. The fourth-order valence-corrected chi connectivity index (χ4v) is 3.36. The molecule has 2 rings (SSSR count). The Hall–Kier alpha value is -1.14. The van der Waals surface area contributed by atoms with Crippen LogP contribution in [-0.4, -0.2) is 20.7 Å². The number of rotatable bonds is 2. The quantitative estimate of drug-likeness (QED) is 0.838. The third-order valence-electron chi connectivity index (χ3n) is 2.62. The van der Waals surface area contributed by atoms with E-state index in [1.54, 1.807) is 6.07 Å². The van der Waals surface area contributed by atoms with Crippen molar-refractivity contribution in [1.29, 1.82) is 0 Å². The lowest BCUT2D eigenvalue weighted by Gasteiger charge is -2.17. The number of nitrogens with two attached hydrogens (primary N) is 1. The molecular weight excluding hydrogens is 231 g/mol. The second-order valence-corrected chi connectivity index (χ2v) is 5.74. The Bertz CT molecular complexity index is 502. The Kier molecular flexibility index (Phi) is 2.86. The van der Waals surface area contributed by atoms with E-state index >= 15 is 0 Å². The van der Waals surface area contributed by atoms with Crippen molar-refractivity contribution in [2.75, 3.05) is 16.6 Å². The molecule has 1 aromatic carbocycles. The smallest absolute Gasteiger partial charge is 0.235 e. The predicted molar refractivity (Wildman–Crippen MR) is 60.0 cm³/mol. The van der Waals surface area contributed by atoms with Gasteiger partial charge in [-0.1, -0.05) is 6.07 Å². The number of hydrogen-bond donors (Lipinski definition) is 1. The van der Waals surface area contributed by atoms with Crippen molar-refractivity contribution in [3.8, 4) is 0 Å². The van der Waals surface area contributed by atoms with Crippen LogP contribution in [0.3, 0.4) is 0 Å². The summed E-state index contributed by atoms with van der Waals surface area (Å²) in [6.45, 7) is 0.588. The van der Waals surface area contributed by atoms with Crippen LogP contribution in [0.25, 0.3) is 0 Å². The normalized spacial score (nSPS) is 19.0. The van der Waals surface area contributed by atoms with Crippen LogP contribution in [0, 0.1) is 5.82 Å². The van der Waals surface area contributed by atoms with Crippen LogP contribution in [-0.2, 0) is 16.6 Å². The largest absolute Gasteiger partial charge is 0.326 e. The summed E-state index contributed by atoms with van der Waals surface area (Å²) in [5.74, 6) is -0.445. The van der Waals surface area contributed by atoms with Gasteiger partial charge in [-0.3, -0.25) is 4.31 Å². The zero-order chi connectivity index (χ0) is 11.8. The summed E-state index contributed by atoms with van der Waals surface area (Å²) in [5, 5.41) is 0. The molecule has 0 spiro atoms. The van der Waals surface area contributed by atoms with Gasteiger partial charge in [0.15, 0.2) is 0 Å². The molecule has 1 fully saturated rings. The lowest BCUT2D eigenvalue weighted by Crippen LogP contribution is -2.26. The monoisotopic (exact) mass is 244 g/mol. The molecular formula is C10H13FN2O2S. The van der Waals surface area contributed by atoms with E-state index < -0.39 is 15.8 Å². The minimum Gasteiger partial charge on any atom is -0.326 e. The van der Waals surface area contributed by atoms with E-state index in [0.29, 0.717) is 18.5 Å². The van der Waals surface area contributed by atoms with Gasteiger partial charge in [-0.15, -0.1) is 0 Å². The molecule has 0 aromatic heterocycles. The molecule has 0 saturated carbocycles. The summed E-state index contributed by atoms with van der Waals surface area (Å²) >= 11 is 0. The van der Waals surface area contributed by atoms with E-state index in [9.17, 15) is 12.8 Å². The second-order valence-electron chi connectivity index (χ2n) is 3.73. The van der Waals surface area contributed by atoms with Crippen molar-refractivity contribution in [2.24, 2.45) is 5.73 Å². The fraction of sp³-hybridized carbons (Fsp3) is 0.400. The summed E-state index contributed by atoms with van der Waals surface area (Å²) < 4.78 is 38.0. The topological polar surface area (TPSA) is 63.4 Å². The summed E-state index contributed by atoms with van der Waals surface area (Å²) in [4.78, 5) is 0. The molecule has 0 amide bonds. The number of halogens is 1. The Morgan fingerprint density at radius 3 is 2.69 bits per heavy atom. The molecule has 16 heavy (non-hydrogen) atoms. The molecule has 2 N–H and O–H groups in total. The van der Waals surface area contributed by atoms with Crippen molar-refractivity contribution in [1.82, 2.24) is 0 Å². The summed E-state index contributed by atoms with van der Waals surface area (Å²) in [6.07, 6.45) is 0.542. The summed E-state index contributed by atoms with van der Waals surface area (Å²) in [7, 11) is -3.32. The molecule has 1 aliphatic heterocycles. The minimum atomic E-state index is -3.32. The van der Waals surface area contributed by atoms with Crippen molar-refractivity contribution in [2.45, 2.75) is 13.0 Å². The Morgan fingerprint density at radius 1 is 1.44 bits per heavy atom. The third-order valence-corrected chi connectivity index (χ3v) is 4.47. The van der Waals surface area contributed by atoms with Gasteiger partial charge in [-0.25, -0.2) is 12.8 Å². The highest BCUT2D eigenvalue weighted by Crippen LogP contribution is 2.27. The zero-order valence-electron chi connectivity index (χ0n) is 8.69. The van der Waals surface area contributed by atoms with E-state index in [-0.39, 0.29) is 18.0 Å². The van der Waals surface area contributed by atoms with Gasteiger partial charge in [0.1, 0.15) is 5.82 Å². The van der Waals surface area contributed by atoms with Crippen molar-refractivity contribution in [3.05, 3.63) is 29.6 Å². The molecule has 1 saturated heterocycles. The minimum absolute atomic E-state index is 0.0884. The standard InChI is InChI=1S/C10H13FN2O2S/c11-9-6-8(7-12)2-3-10(9)13-4-1-5-16(13,14)15/h2-3,6H,1,4-5,7,12H2. The molecule has 0 unspecified atom stereocenters. The third kappa shape index (κ3) is 1.90. The number of hydrogen-bond acceptors (Lipinski definition) is 3. The van der Waals surface area contributed by atoms with Crippen LogP contribution in [0.15, 0.2) is 18.2 Å². The molecule has 0 aliphatic carbocycles. The summed E-state index contributed by atoms with van der Waals surface area (Å²) in [5.41, 5.74) is 6.15. The van der Waals surface area contributed by atoms with Crippen LogP contribution in [0.5, 0.6) is 0 Å². The Morgan fingerprint density at radius 2 is 2.19 bits per heavy atom. The van der Waals surface area contributed by atoms with Gasteiger partial charge >= 0.3 is 0 Å². The molecule has 1 aromatic rings. The highest BCUT2D eigenvalue weighted by atomic mass is 32.2. The average molecular weight is 244 g/mol. The maximum Gasteiger partial charge on any atom is 0.235 e. The highest BCUT2D eigenvalue weighted by Gasteiger charge is 2.30. The van der Waals surface area contributed by atoms with Gasteiger partial charge < -0.3 is 5.73 Å². The SMILES string of the molecule is NCc1ccc(N2CCCS2(=O)=O)c(F)c1. The molecule has 6 heteroatoms. The van der Waals surface area contributed by atoms with Crippen LogP contribution >= 0.6 is 0 Å². The first-order valence-electron chi connectivity index (χ1n) is 5.03. The van der Waals surface area contributed by atoms with E-state index in [1.165, 1.54) is 12.1 Å². The van der Waals surface area contributed by atoms with Crippen LogP contribution in [0.1, 0.15) is 12.0 Å². The number of sulfonamides is 1. The first-order valence-corrected chi connectivity index (χ1v) is 6.64. The van der Waals surface area contributed by atoms with Gasteiger partial charge in [-0.05, 0) is 24.1 Å². The maximum absolute atomic E-state index is 13.7. The van der Waals surface area contributed by atoms with E-state index in [0.717, 1.165) is 4.31 Å². The van der Waals surface area contributed by atoms with Crippen LogP contribution in [0.2, 0.25) is 0 Å². The molecule has 0 radical (unpaired) electrons. The Labute approximate surface area is 93.9 Å². The van der Waals surface area contributed by atoms with Gasteiger partial charge in [0, 0.05) is 13.1 Å². The second kappa shape index (κ2) is 4.03. The van der Waals surface area contributed by atoms with Gasteiger partial charge in [-0.2, -0.15) is 0 Å². The first kappa shape index (κ1) is 11.3. The number of anilines is 1. The molecule has 4 nitrogen and oxygen atoms in total. The molecule has 1 aliphatic rings. The van der Waals surface area contributed by atoms with Crippen molar-refractivity contribution >= 4 is 15.7 Å². The average Bonchev–Trinajstić information content (AvgIpc) is 2.58. The summed E-state index contributed by atoms with van der Waals surface area (Å²) in [6, 6.07) is 4.40. The highest BCUT2D eigenvalue weighted by molar-refractivity contribution is 7.93. The first-order chi connectivity index (χ1) is 7.54. The van der Waals surface area contributed by atoms with E-state index in [2.05, 4.69) is 0 Å². The van der Waals surface area contributed by atoms with Crippen LogP contribution < -0.4 is 10.0 Å². The van der Waals surface area contributed by atoms with Crippen molar-refractivity contribution in [3.63, 3.8) is 0 Å². The van der Waals surface area contributed by atoms with E-state index in [1.807, 2.05) is 0 Å². The lowest BCUT2D eigenvalue weighted by atomic mass is 10.2. The molecule has 88 valence electrons. The van der Waals surface area contributed by atoms with Gasteiger partial charge in [0.05, 0.1) is 11.4 Å². The zero-order valence-corrected chi connectivity index (χ0v) is 9.50. The number of benzene rings is 1. The molecule has 0 bridgehead atoms. The van der Waals surface area contributed by atoms with Crippen molar-refractivity contribution < 1.29 is 12.8 Å².